The van der Waals surface area contributed by atoms with Crippen LogP contribution >= 0.6 is 0 Å². The Morgan fingerprint density at radius 2 is 1.94 bits per heavy atom. The predicted octanol–water partition coefficient (Wildman–Crippen LogP) is 1.58. The Bertz CT molecular complexity index is 910. The highest BCUT2D eigenvalue weighted by atomic mass is 16.7. The van der Waals surface area contributed by atoms with Crippen molar-refractivity contribution in [3.8, 4) is 0 Å². The first-order valence-electron chi connectivity index (χ1n) is 10.1. The maximum atomic E-state index is 12.6. The Kier molecular flexibility index (Phi) is 5.90. The van der Waals surface area contributed by atoms with Crippen LogP contribution in [0.25, 0.3) is 0 Å². The van der Waals surface area contributed by atoms with Crippen molar-refractivity contribution in [2.45, 2.75) is 77.0 Å². The van der Waals surface area contributed by atoms with Gasteiger partial charge in [-0.25, -0.2) is 9.59 Å². The molecular weight excluding hydrogens is 408 g/mol. The van der Waals surface area contributed by atoms with Gasteiger partial charge in [0.2, 0.25) is 0 Å². The monoisotopic (exact) mass is 436 g/mol. The lowest BCUT2D eigenvalue weighted by Crippen LogP contribution is -2.54. The Labute approximate surface area is 180 Å². The number of rotatable bonds is 4. The molecule has 3 aliphatic heterocycles. The van der Waals surface area contributed by atoms with Crippen LogP contribution in [-0.2, 0) is 33.3 Å². The molecule has 0 aliphatic carbocycles. The van der Waals surface area contributed by atoms with Gasteiger partial charge in [0.25, 0.3) is 0 Å². The van der Waals surface area contributed by atoms with Gasteiger partial charge in [-0.15, -0.1) is 0 Å². The molecule has 1 fully saturated rings. The third kappa shape index (κ3) is 4.30. The number of hydrogen-bond acceptors (Lipinski definition) is 9. The maximum Gasteiger partial charge on any atom is 0.343 e. The fourth-order valence-corrected chi connectivity index (χ4v) is 3.97. The van der Waals surface area contributed by atoms with E-state index in [0.717, 1.165) is 0 Å². The molecule has 2 bridgehead atoms. The van der Waals surface area contributed by atoms with Crippen molar-refractivity contribution in [2.75, 3.05) is 6.61 Å². The molecule has 3 heterocycles. The predicted molar refractivity (Wildman–Crippen MR) is 106 cm³/mol. The van der Waals surface area contributed by atoms with Crippen molar-refractivity contribution in [3.63, 3.8) is 0 Å². The second-order valence-electron chi connectivity index (χ2n) is 8.61. The van der Waals surface area contributed by atoms with E-state index in [1.807, 2.05) is 0 Å². The number of ether oxygens (including phenoxy) is 4. The smallest absolute Gasteiger partial charge is 0.343 e. The number of allylic oxidation sites excluding steroid dienone is 1. The van der Waals surface area contributed by atoms with Gasteiger partial charge in [-0.3, -0.25) is 4.79 Å². The molecule has 0 spiro atoms. The molecular formula is C22H28O9. The molecule has 9 nitrogen and oxygen atoms in total. The molecule has 1 saturated heterocycles. The summed E-state index contributed by atoms with van der Waals surface area (Å²) in [5.74, 6) is -3.82. The first kappa shape index (κ1) is 23.2. The van der Waals surface area contributed by atoms with E-state index in [-0.39, 0.29) is 36.4 Å². The van der Waals surface area contributed by atoms with Crippen molar-refractivity contribution in [1.82, 2.24) is 0 Å². The third-order valence-electron chi connectivity index (χ3n) is 6.01. The molecule has 9 heteroatoms. The average Bonchev–Trinajstić information content (AvgIpc) is 3.14. The largest absolute Gasteiger partial charge is 0.461 e. The molecule has 0 amide bonds. The summed E-state index contributed by atoms with van der Waals surface area (Å²) >= 11 is 0. The summed E-state index contributed by atoms with van der Waals surface area (Å²) < 4.78 is 21.9. The first-order chi connectivity index (χ1) is 14.3. The van der Waals surface area contributed by atoms with E-state index in [4.69, 9.17) is 18.9 Å². The quantitative estimate of drug-likeness (QED) is 0.383. The van der Waals surface area contributed by atoms with Gasteiger partial charge in [0.1, 0.15) is 24.1 Å². The Balaban J connectivity index is 2.17. The fourth-order valence-electron chi connectivity index (χ4n) is 3.97. The van der Waals surface area contributed by atoms with Crippen LogP contribution in [0.4, 0.5) is 0 Å². The number of hydrogen-bond donors (Lipinski definition) is 2. The minimum Gasteiger partial charge on any atom is -0.461 e. The van der Waals surface area contributed by atoms with Crippen LogP contribution in [0.1, 0.15) is 53.9 Å². The molecule has 0 aromatic carbocycles. The van der Waals surface area contributed by atoms with E-state index in [1.165, 1.54) is 19.9 Å². The summed E-state index contributed by atoms with van der Waals surface area (Å²) in [5.41, 5.74) is -2.38. The fraction of sp³-hybridized carbons (Fsp3) is 0.591. The number of fused-ring (bicyclic) bond motifs is 3. The van der Waals surface area contributed by atoms with Crippen molar-refractivity contribution in [2.24, 2.45) is 0 Å². The van der Waals surface area contributed by atoms with E-state index in [2.05, 4.69) is 0 Å². The van der Waals surface area contributed by atoms with Crippen LogP contribution in [0.3, 0.4) is 0 Å². The summed E-state index contributed by atoms with van der Waals surface area (Å²) in [5, 5.41) is 22.3. The number of carbonyl (C=O) groups excluding carboxylic acids is 3. The van der Waals surface area contributed by atoms with Crippen LogP contribution in [0.15, 0.2) is 34.6 Å². The zero-order chi connectivity index (χ0) is 23.2. The van der Waals surface area contributed by atoms with Gasteiger partial charge >= 0.3 is 17.9 Å². The van der Waals surface area contributed by atoms with Crippen LogP contribution in [0, 0.1) is 0 Å². The second kappa shape index (κ2) is 7.89. The summed E-state index contributed by atoms with van der Waals surface area (Å²) in [4.78, 5) is 36.5. The summed E-state index contributed by atoms with van der Waals surface area (Å²) in [6.45, 7) is 7.13. The average molecular weight is 436 g/mol. The molecule has 0 radical (unpaired) electrons. The normalized spacial score (nSPS) is 37.1. The number of carbonyl (C=O) groups is 3. The zero-order valence-electron chi connectivity index (χ0n) is 18.3. The van der Waals surface area contributed by atoms with Crippen LogP contribution in [0.5, 0.6) is 0 Å². The van der Waals surface area contributed by atoms with E-state index < -0.39 is 41.0 Å². The molecule has 3 aliphatic rings. The van der Waals surface area contributed by atoms with Crippen molar-refractivity contribution in [3.05, 3.63) is 34.6 Å². The van der Waals surface area contributed by atoms with Crippen LogP contribution in [-0.4, -0.2) is 57.8 Å². The molecule has 2 N–H and O–H groups in total. The van der Waals surface area contributed by atoms with E-state index in [1.54, 1.807) is 26.8 Å². The van der Waals surface area contributed by atoms with E-state index in [9.17, 15) is 24.6 Å². The number of esters is 3. The third-order valence-corrected chi connectivity index (χ3v) is 6.01. The van der Waals surface area contributed by atoms with Crippen LogP contribution in [0.2, 0.25) is 0 Å². The van der Waals surface area contributed by atoms with Gasteiger partial charge in [-0.2, -0.15) is 0 Å². The van der Waals surface area contributed by atoms with Crippen molar-refractivity contribution >= 4 is 17.9 Å². The standard InChI is InChI=1S/C22H28O9/c1-6-12(2)18(24)29-16-10-21(5,26)22(27)8-7-20(4,31-22)9-15-17(16)14(19(25)30-15)11-28-13(3)23/h6,9,16,26-27H,7-8,10-11H2,1-5H3/b12-6+,15-9+/t16-,20-,21+,22+/m0/s1. The molecule has 31 heavy (non-hydrogen) atoms. The first-order valence-corrected chi connectivity index (χ1v) is 10.1. The molecule has 4 atom stereocenters. The molecule has 0 unspecified atom stereocenters. The lowest BCUT2D eigenvalue weighted by atomic mass is 9.82. The van der Waals surface area contributed by atoms with Gasteiger partial charge in [0.15, 0.2) is 5.79 Å². The maximum absolute atomic E-state index is 12.6. The highest BCUT2D eigenvalue weighted by Gasteiger charge is 2.58. The zero-order valence-corrected chi connectivity index (χ0v) is 18.3. The molecule has 3 rings (SSSR count). The van der Waals surface area contributed by atoms with E-state index in [0.29, 0.717) is 12.0 Å². The highest BCUT2D eigenvalue weighted by molar-refractivity contribution is 5.96. The van der Waals surface area contributed by atoms with Crippen molar-refractivity contribution in [1.29, 1.82) is 0 Å². The molecule has 170 valence electrons. The lowest BCUT2D eigenvalue weighted by molar-refractivity contribution is -0.298. The molecule has 0 saturated carbocycles. The van der Waals surface area contributed by atoms with E-state index >= 15 is 0 Å². The second-order valence-corrected chi connectivity index (χ2v) is 8.61. The van der Waals surface area contributed by atoms with Crippen molar-refractivity contribution < 1.29 is 43.5 Å². The lowest BCUT2D eigenvalue weighted by Gasteiger charge is -2.40. The number of aliphatic hydroxyl groups is 2. The van der Waals surface area contributed by atoms with Gasteiger partial charge in [-0.1, -0.05) is 6.08 Å². The highest BCUT2D eigenvalue weighted by Crippen LogP contribution is 2.49. The van der Waals surface area contributed by atoms with Gasteiger partial charge in [0.05, 0.1) is 11.2 Å². The summed E-state index contributed by atoms with van der Waals surface area (Å²) in [7, 11) is 0. The molecule has 0 aromatic heterocycles. The van der Waals surface area contributed by atoms with Crippen LogP contribution < -0.4 is 0 Å². The topological polar surface area (TPSA) is 129 Å². The minimum absolute atomic E-state index is 0.00143. The van der Waals surface area contributed by atoms with Gasteiger partial charge < -0.3 is 29.2 Å². The summed E-state index contributed by atoms with van der Waals surface area (Å²) in [6.07, 6.45) is 2.13. The SMILES string of the molecule is C/C=C(\C)C(=O)O[C@H]1C[C@@](C)(O)[C@@]2(O)CC[C@@](C)(/C=C3/OC(=O)C(COC(C)=O)=C31)O2. The Morgan fingerprint density at radius 3 is 2.55 bits per heavy atom. The summed E-state index contributed by atoms with van der Waals surface area (Å²) in [6, 6.07) is 0. The minimum atomic E-state index is -1.90. The Morgan fingerprint density at radius 1 is 1.26 bits per heavy atom. The van der Waals surface area contributed by atoms with Gasteiger partial charge in [0, 0.05) is 30.9 Å². The van der Waals surface area contributed by atoms with Gasteiger partial charge in [-0.05, 0) is 40.2 Å². The molecule has 0 aromatic rings. The Hall–Kier alpha value is -2.49.